The van der Waals surface area contributed by atoms with Gasteiger partial charge in [-0.2, -0.15) is 0 Å². The fourth-order valence-corrected chi connectivity index (χ4v) is 3.14. The van der Waals surface area contributed by atoms with Gasteiger partial charge >= 0.3 is 0 Å². The van der Waals surface area contributed by atoms with Gasteiger partial charge in [-0.15, -0.1) is 0 Å². The van der Waals surface area contributed by atoms with Crippen LogP contribution in [0.15, 0.2) is 18.2 Å². The highest BCUT2D eigenvalue weighted by Crippen LogP contribution is 2.32. The van der Waals surface area contributed by atoms with Crippen molar-refractivity contribution in [2.75, 3.05) is 13.7 Å². The van der Waals surface area contributed by atoms with Gasteiger partial charge in [-0.25, -0.2) is 0 Å². The topological polar surface area (TPSA) is 41.5 Å². The van der Waals surface area contributed by atoms with Gasteiger partial charge in [0.2, 0.25) is 0 Å². The summed E-state index contributed by atoms with van der Waals surface area (Å²) in [4.78, 5) is 0. The molecule has 0 radical (unpaired) electrons. The molecule has 0 spiro atoms. The van der Waals surface area contributed by atoms with E-state index in [4.69, 9.17) is 4.74 Å². The molecule has 3 nitrogen and oxygen atoms in total. The Hall–Kier alpha value is -1.06. The van der Waals surface area contributed by atoms with Crippen molar-refractivity contribution >= 4 is 0 Å². The van der Waals surface area contributed by atoms with Crippen LogP contribution in [0.1, 0.15) is 50.3 Å². The molecule has 2 atom stereocenters. The van der Waals surface area contributed by atoms with Crippen LogP contribution in [0.4, 0.5) is 0 Å². The Labute approximate surface area is 122 Å². The van der Waals surface area contributed by atoms with Gasteiger partial charge in [0.1, 0.15) is 5.75 Å². The van der Waals surface area contributed by atoms with E-state index < -0.39 is 0 Å². The minimum absolute atomic E-state index is 0.188. The molecule has 0 heterocycles. The molecule has 3 heteroatoms. The van der Waals surface area contributed by atoms with Crippen LogP contribution in [0, 0.1) is 5.92 Å². The smallest absolute Gasteiger partial charge is 0.119 e. The maximum absolute atomic E-state index is 9.55. The van der Waals surface area contributed by atoms with Crippen LogP contribution in [0.25, 0.3) is 0 Å². The molecule has 2 N–H and O–H groups in total. The summed E-state index contributed by atoms with van der Waals surface area (Å²) in [5.74, 6) is 1.53. The van der Waals surface area contributed by atoms with Crippen molar-refractivity contribution in [3.63, 3.8) is 0 Å². The molecule has 2 rings (SSSR count). The normalized spacial score (nSPS) is 19.8. The van der Waals surface area contributed by atoms with Gasteiger partial charge in [0.05, 0.1) is 13.7 Å². The van der Waals surface area contributed by atoms with Crippen LogP contribution in [-0.4, -0.2) is 24.9 Å². The van der Waals surface area contributed by atoms with Crippen molar-refractivity contribution in [1.29, 1.82) is 0 Å². The number of aliphatic hydroxyl groups excluding tert-OH is 1. The lowest BCUT2D eigenvalue weighted by Crippen LogP contribution is -2.38. The monoisotopic (exact) mass is 277 g/mol. The van der Waals surface area contributed by atoms with Gasteiger partial charge in [0.25, 0.3) is 0 Å². The molecule has 0 amide bonds. The maximum atomic E-state index is 9.55. The molecule has 1 aliphatic rings. The van der Waals surface area contributed by atoms with E-state index in [0.29, 0.717) is 12.0 Å². The number of nitrogens with one attached hydrogen (secondary N) is 1. The first kappa shape index (κ1) is 15.3. The number of benzene rings is 1. The number of hydrogen-bond donors (Lipinski definition) is 2. The highest BCUT2D eigenvalue weighted by molar-refractivity contribution is 5.39. The molecule has 20 heavy (non-hydrogen) atoms. The highest BCUT2D eigenvalue weighted by atomic mass is 16.5. The van der Waals surface area contributed by atoms with E-state index in [0.717, 1.165) is 25.0 Å². The predicted molar refractivity (Wildman–Crippen MR) is 82.1 cm³/mol. The Morgan fingerprint density at radius 3 is 2.85 bits per heavy atom. The Morgan fingerprint density at radius 1 is 1.40 bits per heavy atom. The van der Waals surface area contributed by atoms with Crippen LogP contribution < -0.4 is 10.1 Å². The first-order chi connectivity index (χ1) is 9.63. The molecular weight excluding hydrogens is 250 g/mol. The number of aliphatic hydroxyl groups is 1. The summed E-state index contributed by atoms with van der Waals surface area (Å²) >= 11 is 0. The number of ether oxygens (including phenoxy) is 1. The second-order valence-corrected chi connectivity index (χ2v) is 6.19. The maximum Gasteiger partial charge on any atom is 0.119 e. The lowest BCUT2D eigenvalue weighted by Gasteiger charge is -2.31. The summed E-state index contributed by atoms with van der Waals surface area (Å²) in [6, 6.07) is 6.91. The molecule has 0 fully saturated rings. The zero-order chi connectivity index (χ0) is 14.5. The Bertz CT molecular complexity index is 431. The fourth-order valence-electron chi connectivity index (χ4n) is 3.14. The third kappa shape index (κ3) is 3.74. The lowest BCUT2D eigenvalue weighted by molar-refractivity contribution is 0.208. The van der Waals surface area contributed by atoms with E-state index in [1.165, 1.54) is 17.5 Å². The van der Waals surface area contributed by atoms with Gasteiger partial charge in [0, 0.05) is 12.1 Å². The van der Waals surface area contributed by atoms with Gasteiger partial charge in [-0.05, 0) is 54.9 Å². The molecule has 2 unspecified atom stereocenters. The molecule has 1 aromatic carbocycles. The molecule has 1 aromatic rings. The quantitative estimate of drug-likeness (QED) is 0.839. The zero-order valence-corrected chi connectivity index (χ0v) is 12.9. The van der Waals surface area contributed by atoms with E-state index >= 15 is 0 Å². The molecule has 0 saturated carbocycles. The van der Waals surface area contributed by atoms with E-state index in [1.54, 1.807) is 7.11 Å². The first-order valence-corrected chi connectivity index (χ1v) is 7.67. The molecule has 1 aliphatic carbocycles. The Kier molecular flexibility index (Phi) is 5.44. The van der Waals surface area contributed by atoms with Crippen molar-refractivity contribution in [3.8, 4) is 5.75 Å². The second kappa shape index (κ2) is 7.09. The highest BCUT2D eigenvalue weighted by Gasteiger charge is 2.23. The molecule has 0 aliphatic heterocycles. The number of fused-ring (bicyclic) bond motifs is 1. The first-order valence-electron chi connectivity index (χ1n) is 7.67. The van der Waals surface area contributed by atoms with Crippen molar-refractivity contribution in [2.24, 2.45) is 5.92 Å². The van der Waals surface area contributed by atoms with Crippen LogP contribution in [0.2, 0.25) is 0 Å². The molecule has 0 aromatic heterocycles. The molecular formula is C17H27NO2. The zero-order valence-electron chi connectivity index (χ0n) is 12.9. The van der Waals surface area contributed by atoms with E-state index in [-0.39, 0.29) is 12.6 Å². The molecule has 112 valence electrons. The molecule has 0 saturated heterocycles. The van der Waals surface area contributed by atoms with Crippen molar-refractivity contribution in [1.82, 2.24) is 5.32 Å². The summed E-state index contributed by atoms with van der Waals surface area (Å²) in [6.45, 7) is 4.61. The van der Waals surface area contributed by atoms with Crippen LogP contribution in [0.5, 0.6) is 5.75 Å². The third-order valence-electron chi connectivity index (χ3n) is 4.08. The predicted octanol–water partition coefficient (Wildman–Crippen LogP) is 3.07. The van der Waals surface area contributed by atoms with Crippen molar-refractivity contribution < 1.29 is 9.84 Å². The van der Waals surface area contributed by atoms with Crippen LogP contribution >= 0.6 is 0 Å². The minimum atomic E-state index is 0.188. The summed E-state index contributed by atoms with van der Waals surface area (Å²) < 4.78 is 5.31. The summed E-state index contributed by atoms with van der Waals surface area (Å²) in [6.07, 6.45) is 4.47. The summed E-state index contributed by atoms with van der Waals surface area (Å²) in [5, 5.41) is 13.2. The fraction of sp³-hybridized carbons (Fsp3) is 0.647. The summed E-state index contributed by atoms with van der Waals surface area (Å²) in [5.41, 5.74) is 2.76. The molecule has 0 bridgehead atoms. The number of aryl methyl sites for hydroxylation is 1. The SMILES string of the molecule is COc1ccc2c(c1)CCCC2NC(CO)CC(C)C. The van der Waals surface area contributed by atoms with Crippen molar-refractivity contribution in [2.45, 2.75) is 51.6 Å². The second-order valence-electron chi connectivity index (χ2n) is 6.19. The minimum Gasteiger partial charge on any atom is -0.497 e. The van der Waals surface area contributed by atoms with E-state index in [9.17, 15) is 5.11 Å². The van der Waals surface area contributed by atoms with Gasteiger partial charge in [0.15, 0.2) is 0 Å². The average molecular weight is 277 g/mol. The van der Waals surface area contributed by atoms with Gasteiger partial charge in [-0.1, -0.05) is 19.9 Å². The standard InChI is InChI=1S/C17H27NO2/c1-12(2)9-14(11-19)18-17-6-4-5-13-10-15(20-3)7-8-16(13)17/h7-8,10,12,14,17-19H,4-6,9,11H2,1-3H3. The summed E-state index contributed by atoms with van der Waals surface area (Å²) in [7, 11) is 1.71. The lowest BCUT2D eigenvalue weighted by atomic mass is 9.86. The number of rotatable bonds is 6. The number of hydrogen-bond acceptors (Lipinski definition) is 3. The van der Waals surface area contributed by atoms with Crippen LogP contribution in [0.3, 0.4) is 0 Å². The Balaban J connectivity index is 2.11. The average Bonchev–Trinajstić information content (AvgIpc) is 2.45. The van der Waals surface area contributed by atoms with E-state index in [1.807, 2.05) is 6.07 Å². The third-order valence-corrected chi connectivity index (χ3v) is 4.08. The Morgan fingerprint density at radius 2 is 2.20 bits per heavy atom. The largest absolute Gasteiger partial charge is 0.497 e. The van der Waals surface area contributed by atoms with Crippen molar-refractivity contribution in [3.05, 3.63) is 29.3 Å². The van der Waals surface area contributed by atoms with Gasteiger partial charge < -0.3 is 15.2 Å². The number of methoxy groups -OCH3 is 1. The van der Waals surface area contributed by atoms with Crippen LogP contribution in [-0.2, 0) is 6.42 Å². The van der Waals surface area contributed by atoms with Gasteiger partial charge in [-0.3, -0.25) is 0 Å². The van der Waals surface area contributed by atoms with E-state index in [2.05, 4.69) is 31.3 Å².